The first kappa shape index (κ1) is 19.1. The fourth-order valence-corrected chi connectivity index (χ4v) is 4.32. The molecule has 2 heterocycles. The second kappa shape index (κ2) is 7.76. The lowest BCUT2D eigenvalue weighted by Gasteiger charge is -2.24. The standard InChI is InChI=1S/C26H23N3O2/c1-17-21-10-6-7-11-22(21)27-26(30)25(17)23-16-24(18-12-14-20(31-2)15-13-18)29(28-23)19-8-4-3-5-9-19/h3-15,24H,16H2,1-2H3,(H,27,30). The van der Waals surface area contributed by atoms with E-state index in [9.17, 15) is 4.79 Å². The minimum atomic E-state index is -0.0988. The number of nitrogens with one attached hydrogen (secondary N) is 1. The number of aromatic nitrogens is 1. The van der Waals surface area contributed by atoms with Gasteiger partial charge in [-0.2, -0.15) is 5.10 Å². The Morgan fingerprint density at radius 3 is 2.42 bits per heavy atom. The van der Waals surface area contributed by atoms with E-state index >= 15 is 0 Å². The smallest absolute Gasteiger partial charge is 0.257 e. The van der Waals surface area contributed by atoms with E-state index in [2.05, 4.69) is 17.1 Å². The molecule has 154 valence electrons. The maximum absolute atomic E-state index is 13.0. The molecule has 31 heavy (non-hydrogen) atoms. The van der Waals surface area contributed by atoms with E-state index in [1.165, 1.54) is 0 Å². The lowest BCUT2D eigenvalue weighted by Crippen LogP contribution is -2.20. The van der Waals surface area contributed by atoms with E-state index in [-0.39, 0.29) is 11.6 Å². The van der Waals surface area contributed by atoms with Crippen molar-refractivity contribution < 1.29 is 4.74 Å². The van der Waals surface area contributed by atoms with Crippen LogP contribution in [0.3, 0.4) is 0 Å². The first-order valence-electron chi connectivity index (χ1n) is 10.3. The van der Waals surface area contributed by atoms with Crippen LogP contribution < -0.4 is 15.3 Å². The second-order valence-corrected chi connectivity index (χ2v) is 7.72. The molecule has 1 aromatic heterocycles. The first-order chi connectivity index (χ1) is 15.2. The first-order valence-corrected chi connectivity index (χ1v) is 10.3. The zero-order valence-corrected chi connectivity index (χ0v) is 17.5. The predicted octanol–water partition coefficient (Wildman–Crippen LogP) is 5.20. The average molecular weight is 409 g/mol. The molecule has 0 aliphatic carbocycles. The van der Waals surface area contributed by atoms with Gasteiger partial charge >= 0.3 is 0 Å². The number of aryl methyl sites for hydroxylation is 1. The second-order valence-electron chi connectivity index (χ2n) is 7.72. The van der Waals surface area contributed by atoms with Gasteiger partial charge in [0.1, 0.15) is 5.75 Å². The summed E-state index contributed by atoms with van der Waals surface area (Å²) >= 11 is 0. The number of hydrazone groups is 1. The van der Waals surface area contributed by atoms with Crippen molar-refractivity contribution in [1.82, 2.24) is 4.98 Å². The van der Waals surface area contributed by atoms with Gasteiger partial charge in [0.05, 0.1) is 30.1 Å². The summed E-state index contributed by atoms with van der Waals surface area (Å²) in [7, 11) is 1.66. The van der Waals surface area contributed by atoms with Gasteiger partial charge in [-0.05, 0) is 48.4 Å². The highest BCUT2D eigenvalue weighted by Crippen LogP contribution is 2.37. The average Bonchev–Trinajstić information content (AvgIpc) is 3.24. The summed E-state index contributed by atoms with van der Waals surface area (Å²) in [5, 5.41) is 8.02. The fourth-order valence-electron chi connectivity index (χ4n) is 4.32. The number of pyridine rings is 1. The SMILES string of the molecule is COc1ccc(C2CC(c3c(C)c4ccccc4[nH]c3=O)=NN2c2ccccc2)cc1. The van der Waals surface area contributed by atoms with Crippen molar-refractivity contribution >= 4 is 22.3 Å². The highest BCUT2D eigenvalue weighted by Gasteiger charge is 2.32. The Bertz CT molecular complexity index is 1320. The maximum Gasteiger partial charge on any atom is 0.257 e. The summed E-state index contributed by atoms with van der Waals surface area (Å²) < 4.78 is 5.32. The molecule has 5 rings (SSSR count). The number of nitrogens with zero attached hydrogens (tertiary/aromatic N) is 2. The van der Waals surface area contributed by atoms with Gasteiger partial charge in [0, 0.05) is 17.3 Å². The molecule has 0 spiro atoms. The molecule has 0 saturated carbocycles. The third kappa shape index (κ3) is 3.38. The van der Waals surface area contributed by atoms with Crippen LogP contribution in [0.2, 0.25) is 0 Å². The number of hydrogen-bond donors (Lipinski definition) is 1. The largest absolute Gasteiger partial charge is 0.497 e. The third-order valence-corrected chi connectivity index (χ3v) is 5.90. The van der Waals surface area contributed by atoms with Crippen LogP contribution in [0.1, 0.15) is 29.2 Å². The van der Waals surface area contributed by atoms with Gasteiger partial charge in [-0.15, -0.1) is 0 Å². The van der Waals surface area contributed by atoms with Crippen molar-refractivity contribution in [3.05, 3.63) is 106 Å². The minimum Gasteiger partial charge on any atom is -0.497 e. The molecule has 5 heteroatoms. The van der Waals surface area contributed by atoms with E-state index in [1.54, 1.807) is 7.11 Å². The Morgan fingerprint density at radius 2 is 1.68 bits per heavy atom. The molecule has 0 radical (unpaired) electrons. The van der Waals surface area contributed by atoms with Crippen molar-refractivity contribution in [3.8, 4) is 5.75 Å². The summed E-state index contributed by atoms with van der Waals surface area (Å²) in [6, 6.07) is 26.0. The molecule has 0 bridgehead atoms. The van der Waals surface area contributed by atoms with Crippen molar-refractivity contribution in [2.45, 2.75) is 19.4 Å². The molecule has 1 unspecified atom stereocenters. The summed E-state index contributed by atoms with van der Waals surface area (Å²) in [5.41, 5.74) is 5.29. The van der Waals surface area contributed by atoms with Crippen LogP contribution in [0.5, 0.6) is 5.75 Å². The van der Waals surface area contributed by atoms with Gasteiger partial charge in [0.25, 0.3) is 5.56 Å². The van der Waals surface area contributed by atoms with Crippen LogP contribution in [0, 0.1) is 6.92 Å². The molecule has 1 aliphatic heterocycles. The monoisotopic (exact) mass is 409 g/mol. The Hall–Kier alpha value is -3.86. The highest BCUT2D eigenvalue weighted by atomic mass is 16.5. The van der Waals surface area contributed by atoms with Gasteiger partial charge in [-0.3, -0.25) is 9.80 Å². The number of aromatic amines is 1. The number of fused-ring (bicyclic) bond motifs is 1. The van der Waals surface area contributed by atoms with Crippen LogP contribution in [0.25, 0.3) is 10.9 Å². The number of para-hydroxylation sites is 2. The molecule has 0 fully saturated rings. The lowest BCUT2D eigenvalue weighted by molar-refractivity contribution is 0.414. The molecular formula is C26H23N3O2. The Labute approximate surface area is 180 Å². The van der Waals surface area contributed by atoms with E-state index in [0.717, 1.165) is 39.2 Å². The number of H-pyrrole nitrogens is 1. The van der Waals surface area contributed by atoms with Crippen LogP contribution in [-0.4, -0.2) is 17.8 Å². The van der Waals surface area contributed by atoms with Crippen molar-refractivity contribution in [2.75, 3.05) is 12.1 Å². The maximum atomic E-state index is 13.0. The molecule has 5 nitrogen and oxygen atoms in total. The zero-order valence-electron chi connectivity index (χ0n) is 17.5. The van der Waals surface area contributed by atoms with Crippen LogP contribution in [0.15, 0.2) is 88.8 Å². The molecule has 1 atom stereocenters. The number of anilines is 1. The highest BCUT2D eigenvalue weighted by molar-refractivity contribution is 6.06. The molecule has 0 saturated heterocycles. The Kier molecular flexibility index (Phi) is 4.79. The number of benzene rings is 3. The fraction of sp³-hybridized carbons (Fsp3) is 0.154. The third-order valence-electron chi connectivity index (χ3n) is 5.90. The van der Waals surface area contributed by atoms with Gasteiger partial charge in [-0.25, -0.2) is 0 Å². The zero-order chi connectivity index (χ0) is 21.4. The summed E-state index contributed by atoms with van der Waals surface area (Å²) in [6.45, 7) is 2.00. The topological polar surface area (TPSA) is 57.7 Å². The minimum absolute atomic E-state index is 0.00595. The Morgan fingerprint density at radius 1 is 0.968 bits per heavy atom. The number of methoxy groups -OCH3 is 1. The van der Waals surface area contributed by atoms with Gasteiger partial charge in [0.2, 0.25) is 0 Å². The summed E-state index contributed by atoms with van der Waals surface area (Å²) in [5.74, 6) is 0.816. The number of hydrogen-bond acceptors (Lipinski definition) is 4. The summed E-state index contributed by atoms with van der Waals surface area (Å²) in [6.07, 6.45) is 0.642. The van der Waals surface area contributed by atoms with Crippen LogP contribution in [-0.2, 0) is 0 Å². The van der Waals surface area contributed by atoms with Crippen molar-refractivity contribution in [3.63, 3.8) is 0 Å². The molecule has 0 amide bonds. The predicted molar refractivity (Wildman–Crippen MR) is 125 cm³/mol. The molecule has 1 N–H and O–H groups in total. The number of ether oxygens (including phenoxy) is 1. The lowest BCUT2D eigenvalue weighted by atomic mass is 9.95. The van der Waals surface area contributed by atoms with E-state index in [1.807, 2.05) is 78.7 Å². The quantitative estimate of drug-likeness (QED) is 0.504. The van der Waals surface area contributed by atoms with Crippen molar-refractivity contribution in [1.29, 1.82) is 0 Å². The van der Waals surface area contributed by atoms with E-state index in [4.69, 9.17) is 9.84 Å². The van der Waals surface area contributed by atoms with E-state index < -0.39 is 0 Å². The normalized spacial score (nSPS) is 15.9. The van der Waals surface area contributed by atoms with E-state index in [0.29, 0.717) is 12.0 Å². The van der Waals surface area contributed by atoms with Crippen LogP contribution in [0.4, 0.5) is 5.69 Å². The molecule has 3 aromatic carbocycles. The molecule has 4 aromatic rings. The van der Waals surface area contributed by atoms with Gasteiger partial charge in [-0.1, -0.05) is 48.5 Å². The van der Waals surface area contributed by atoms with Gasteiger partial charge in [0.15, 0.2) is 0 Å². The number of rotatable bonds is 4. The molecule has 1 aliphatic rings. The van der Waals surface area contributed by atoms with Crippen LogP contribution >= 0.6 is 0 Å². The van der Waals surface area contributed by atoms with Gasteiger partial charge < -0.3 is 9.72 Å². The molecular weight excluding hydrogens is 386 g/mol. The summed E-state index contributed by atoms with van der Waals surface area (Å²) in [4.78, 5) is 16.1. The Balaban J connectivity index is 1.63. The van der Waals surface area contributed by atoms with Crippen molar-refractivity contribution in [2.24, 2.45) is 5.10 Å².